The number of hydrogen-bond donors (Lipinski definition) is 2. The van der Waals surface area contributed by atoms with Crippen LogP contribution in [0.5, 0.6) is 0 Å². The molecule has 17 heavy (non-hydrogen) atoms. The Morgan fingerprint density at radius 3 is 2.65 bits per heavy atom. The quantitative estimate of drug-likeness (QED) is 0.663. The normalized spacial score (nSPS) is 10.9. The number of aromatic nitrogens is 4. The summed E-state index contributed by atoms with van der Waals surface area (Å²) in [6.45, 7) is 1.90. The highest BCUT2D eigenvalue weighted by Crippen LogP contribution is 2.23. The molecule has 3 aromatic rings. The van der Waals surface area contributed by atoms with Gasteiger partial charge in [0.15, 0.2) is 11.5 Å². The van der Waals surface area contributed by atoms with Crippen molar-refractivity contribution in [3.05, 3.63) is 36.0 Å². The molecular weight excluding hydrogens is 214 g/mol. The summed E-state index contributed by atoms with van der Waals surface area (Å²) in [5.41, 5.74) is 8.35. The van der Waals surface area contributed by atoms with Gasteiger partial charge in [-0.1, -0.05) is 30.3 Å². The van der Waals surface area contributed by atoms with Gasteiger partial charge >= 0.3 is 0 Å². The zero-order valence-electron chi connectivity index (χ0n) is 9.31. The molecule has 0 saturated carbocycles. The molecule has 0 amide bonds. The minimum Gasteiger partial charge on any atom is -0.383 e. The average molecular weight is 225 g/mol. The van der Waals surface area contributed by atoms with E-state index in [9.17, 15) is 0 Å². The molecule has 0 spiro atoms. The van der Waals surface area contributed by atoms with Crippen molar-refractivity contribution in [3.63, 3.8) is 0 Å². The smallest absolute Gasteiger partial charge is 0.186 e. The monoisotopic (exact) mass is 225 g/mol. The van der Waals surface area contributed by atoms with E-state index in [1.165, 1.54) is 0 Å². The highest BCUT2D eigenvalue weighted by atomic mass is 15.2. The van der Waals surface area contributed by atoms with Crippen LogP contribution < -0.4 is 5.73 Å². The van der Waals surface area contributed by atoms with E-state index in [1.807, 2.05) is 37.3 Å². The Hall–Kier alpha value is -2.43. The molecule has 0 saturated heterocycles. The molecule has 0 aliphatic carbocycles. The Bertz CT molecular complexity index is 672. The number of nitrogens with zero attached hydrogens (tertiary/aromatic N) is 3. The number of anilines is 1. The van der Waals surface area contributed by atoms with E-state index in [4.69, 9.17) is 5.73 Å². The van der Waals surface area contributed by atoms with Crippen LogP contribution in [0.3, 0.4) is 0 Å². The summed E-state index contributed by atoms with van der Waals surface area (Å²) < 4.78 is 0. The lowest BCUT2D eigenvalue weighted by atomic mass is 10.2. The van der Waals surface area contributed by atoms with E-state index >= 15 is 0 Å². The molecule has 3 rings (SSSR count). The fourth-order valence-electron chi connectivity index (χ4n) is 1.82. The third-order valence-corrected chi connectivity index (χ3v) is 2.65. The molecule has 2 heterocycles. The molecule has 0 bridgehead atoms. The van der Waals surface area contributed by atoms with Crippen molar-refractivity contribution in [3.8, 4) is 11.4 Å². The first-order chi connectivity index (χ1) is 8.25. The molecule has 0 aliphatic heterocycles. The van der Waals surface area contributed by atoms with Gasteiger partial charge in [-0.25, -0.2) is 9.97 Å². The van der Waals surface area contributed by atoms with E-state index < -0.39 is 0 Å². The summed E-state index contributed by atoms with van der Waals surface area (Å²) in [5, 5.41) is 7.77. The molecule has 1 aromatic carbocycles. The first kappa shape index (κ1) is 9.77. The van der Waals surface area contributed by atoms with Crippen LogP contribution in [-0.2, 0) is 0 Å². The van der Waals surface area contributed by atoms with Crippen molar-refractivity contribution in [1.82, 2.24) is 20.2 Å². The molecular formula is C12H11N5. The number of aromatic amines is 1. The predicted molar refractivity (Wildman–Crippen MR) is 66.3 cm³/mol. The standard InChI is InChI=1S/C12H11N5/c1-7-9-10(13)14-11(15-12(9)17-16-7)8-5-3-2-4-6-8/h2-6H,1H3,(H3,13,14,15,16,17). The Labute approximate surface area is 97.7 Å². The van der Waals surface area contributed by atoms with Gasteiger partial charge in [-0.15, -0.1) is 0 Å². The number of hydrogen-bond acceptors (Lipinski definition) is 4. The Morgan fingerprint density at radius 1 is 1.12 bits per heavy atom. The lowest BCUT2D eigenvalue weighted by Crippen LogP contribution is -1.97. The van der Waals surface area contributed by atoms with E-state index in [1.54, 1.807) is 0 Å². The van der Waals surface area contributed by atoms with Gasteiger partial charge in [-0.3, -0.25) is 5.10 Å². The first-order valence-electron chi connectivity index (χ1n) is 5.29. The SMILES string of the molecule is Cc1[nH]nc2nc(-c3ccccc3)nc(N)c12. The summed E-state index contributed by atoms with van der Waals surface area (Å²) in [5.74, 6) is 1.06. The van der Waals surface area contributed by atoms with Gasteiger partial charge in [0, 0.05) is 11.3 Å². The Balaban J connectivity index is 2.26. The number of benzene rings is 1. The third kappa shape index (κ3) is 1.52. The third-order valence-electron chi connectivity index (χ3n) is 2.65. The second-order valence-corrected chi connectivity index (χ2v) is 3.85. The molecule has 0 atom stereocenters. The largest absolute Gasteiger partial charge is 0.383 e. The summed E-state index contributed by atoms with van der Waals surface area (Å²) in [6, 6.07) is 9.72. The predicted octanol–water partition coefficient (Wildman–Crippen LogP) is 1.91. The number of fused-ring (bicyclic) bond motifs is 1. The Kier molecular flexibility index (Phi) is 2.04. The summed E-state index contributed by atoms with van der Waals surface area (Å²) >= 11 is 0. The minimum absolute atomic E-state index is 0.458. The van der Waals surface area contributed by atoms with Crippen LogP contribution in [0.4, 0.5) is 5.82 Å². The van der Waals surface area contributed by atoms with Gasteiger partial charge in [0.2, 0.25) is 0 Å². The first-order valence-corrected chi connectivity index (χ1v) is 5.29. The maximum absolute atomic E-state index is 5.93. The van der Waals surface area contributed by atoms with Crippen molar-refractivity contribution in [2.24, 2.45) is 0 Å². The Morgan fingerprint density at radius 2 is 1.88 bits per heavy atom. The van der Waals surface area contributed by atoms with Crippen LogP contribution in [0, 0.1) is 6.92 Å². The van der Waals surface area contributed by atoms with Crippen LogP contribution in [0.2, 0.25) is 0 Å². The van der Waals surface area contributed by atoms with Crippen LogP contribution in [-0.4, -0.2) is 20.2 Å². The van der Waals surface area contributed by atoms with Gasteiger partial charge in [0.05, 0.1) is 5.39 Å². The van der Waals surface area contributed by atoms with E-state index in [2.05, 4.69) is 20.2 Å². The number of H-pyrrole nitrogens is 1. The van der Waals surface area contributed by atoms with Crippen LogP contribution >= 0.6 is 0 Å². The zero-order chi connectivity index (χ0) is 11.8. The topological polar surface area (TPSA) is 80.5 Å². The number of aryl methyl sites for hydroxylation is 1. The van der Waals surface area contributed by atoms with Gasteiger partial charge in [0.25, 0.3) is 0 Å². The van der Waals surface area contributed by atoms with Crippen molar-refractivity contribution in [1.29, 1.82) is 0 Å². The summed E-state index contributed by atoms with van der Waals surface area (Å²) in [6.07, 6.45) is 0. The second-order valence-electron chi connectivity index (χ2n) is 3.85. The number of nitrogen functional groups attached to an aromatic ring is 1. The van der Waals surface area contributed by atoms with E-state index in [-0.39, 0.29) is 0 Å². The molecule has 2 aromatic heterocycles. The lowest BCUT2D eigenvalue weighted by Gasteiger charge is -2.01. The van der Waals surface area contributed by atoms with Crippen LogP contribution in [0.25, 0.3) is 22.4 Å². The fourth-order valence-corrected chi connectivity index (χ4v) is 1.82. The zero-order valence-corrected chi connectivity index (χ0v) is 9.31. The number of rotatable bonds is 1. The molecule has 0 aliphatic rings. The van der Waals surface area contributed by atoms with Crippen molar-refractivity contribution in [2.75, 3.05) is 5.73 Å². The number of nitrogens with two attached hydrogens (primary N) is 1. The maximum atomic E-state index is 5.93. The summed E-state index contributed by atoms with van der Waals surface area (Å²) in [4.78, 5) is 8.70. The average Bonchev–Trinajstić information content (AvgIpc) is 2.73. The van der Waals surface area contributed by atoms with Gasteiger partial charge in [-0.05, 0) is 6.92 Å². The van der Waals surface area contributed by atoms with Gasteiger partial charge < -0.3 is 5.73 Å². The second kappa shape index (κ2) is 3.55. The molecule has 84 valence electrons. The lowest BCUT2D eigenvalue weighted by molar-refractivity contribution is 1.05. The minimum atomic E-state index is 0.458. The maximum Gasteiger partial charge on any atom is 0.186 e. The molecule has 5 heteroatoms. The number of nitrogens with one attached hydrogen (secondary N) is 1. The fraction of sp³-hybridized carbons (Fsp3) is 0.0833. The van der Waals surface area contributed by atoms with E-state index in [0.29, 0.717) is 17.3 Å². The molecule has 0 radical (unpaired) electrons. The van der Waals surface area contributed by atoms with Crippen LogP contribution in [0.1, 0.15) is 5.69 Å². The van der Waals surface area contributed by atoms with Crippen LogP contribution in [0.15, 0.2) is 30.3 Å². The van der Waals surface area contributed by atoms with Crippen molar-refractivity contribution >= 4 is 16.9 Å². The van der Waals surface area contributed by atoms with E-state index in [0.717, 1.165) is 16.6 Å². The highest BCUT2D eigenvalue weighted by Gasteiger charge is 2.11. The van der Waals surface area contributed by atoms with Gasteiger partial charge in [0.1, 0.15) is 5.82 Å². The highest BCUT2D eigenvalue weighted by molar-refractivity contribution is 5.89. The molecule has 3 N–H and O–H groups in total. The van der Waals surface area contributed by atoms with Crippen molar-refractivity contribution in [2.45, 2.75) is 6.92 Å². The summed E-state index contributed by atoms with van der Waals surface area (Å²) in [7, 11) is 0. The molecule has 0 unspecified atom stereocenters. The molecule has 5 nitrogen and oxygen atoms in total. The molecule has 0 fully saturated rings. The van der Waals surface area contributed by atoms with Crippen molar-refractivity contribution < 1.29 is 0 Å². The van der Waals surface area contributed by atoms with Gasteiger partial charge in [-0.2, -0.15) is 5.10 Å².